The molecular weight excluding hydrogens is 453 g/mol. The Bertz CT molecular complexity index is 1210. The fraction of sp³-hybridized carbons (Fsp3) is 0.208. The fourth-order valence-corrected chi connectivity index (χ4v) is 4.88. The summed E-state index contributed by atoms with van der Waals surface area (Å²) in [6.07, 6.45) is 0.0859. The minimum atomic E-state index is -4.04. The molecule has 0 saturated heterocycles. The third-order valence-electron chi connectivity index (χ3n) is 4.87. The second-order valence-corrected chi connectivity index (χ2v) is 9.43. The molecule has 5 nitrogen and oxygen atoms in total. The first kappa shape index (κ1) is 23.8. The molecule has 8 heteroatoms. The summed E-state index contributed by atoms with van der Waals surface area (Å²) in [5, 5.41) is 0.432. The third-order valence-corrected chi connectivity index (χ3v) is 7.01. The average molecular weight is 476 g/mol. The van der Waals surface area contributed by atoms with Crippen LogP contribution in [0, 0.1) is 12.7 Å². The van der Waals surface area contributed by atoms with E-state index in [9.17, 15) is 17.6 Å². The van der Waals surface area contributed by atoms with E-state index in [4.69, 9.17) is 16.3 Å². The Morgan fingerprint density at radius 1 is 1.06 bits per heavy atom. The van der Waals surface area contributed by atoms with Crippen LogP contribution in [0.5, 0.6) is 0 Å². The van der Waals surface area contributed by atoms with Crippen LogP contribution < -0.4 is 4.31 Å². The van der Waals surface area contributed by atoms with Crippen LogP contribution >= 0.6 is 11.6 Å². The Hall–Kier alpha value is -2.90. The first-order valence-electron chi connectivity index (χ1n) is 9.99. The number of carbonyl (C=O) groups is 1. The highest BCUT2D eigenvalue weighted by molar-refractivity contribution is 7.92. The van der Waals surface area contributed by atoms with E-state index in [1.165, 1.54) is 23.4 Å². The molecule has 0 unspecified atom stereocenters. The largest absolute Gasteiger partial charge is 0.466 e. The number of ether oxygens (including phenoxy) is 1. The van der Waals surface area contributed by atoms with Crippen LogP contribution in [0.2, 0.25) is 5.02 Å². The molecule has 0 atom stereocenters. The smallest absolute Gasteiger partial charge is 0.310 e. The summed E-state index contributed by atoms with van der Waals surface area (Å²) in [6, 6.07) is 17.3. The molecule has 0 bridgehead atoms. The molecule has 0 heterocycles. The number of halogens is 2. The summed E-state index contributed by atoms with van der Waals surface area (Å²) in [6.45, 7) is 3.51. The number of carbonyl (C=O) groups excluding carboxylic acids is 1. The van der Waals surface area contributed by atoms with Gasteiger partial charge in [0.05, 0.1) is 30.2 Å². The van der Waals surface area contributed by atoms with E-state index in [0.717, 1.165) is 6.07 Å². The van der Waals surface area contributed by atoms with Crippen molar-refractivity contribution in [3.63, 3.8) is 0 Å². The minimum Gasteiger partial charge on any atom is -0.466 e. The van der Waals surface area contributed by atoms with Gasteiger partial charge in [0.2, 0.25) is 0 Å². The number of hydrogen-bond acceptors (Lipinski definition) is 4. The second-order valence-electron chi connectivity index (χ2n) is 7.16. The van der Waals surface area contributed by atoms with Gasteiger partial charge in [0, 0.05) is 5.02 Å². The average Bonchev–Trinajstić information content (AvgIpc) is 2.76. The van der Waals surface area contributed by atoms with Gasteiger partial charge in [0.1, 0.15) is 5.82 Å². The van der Waals surface area contributed by atoms with Gasteiger partial charge in [-0.05, 0) is 66.9 Å². The van der Waals surface area contributed by atoms with E-state index < -0.39 is 15.8 Å². The lowest BCUT2D eigenvalue weighted by atomic mass is 10.1. The highest BCUT2D eigenvalue weighted by Gasteiger charge is 2.26. The number of aryl methyl sites for hydroxylation is 1. The summed E-state index contributed by atoms with van der Waals surface area (Å²) in [5.41, 5.74) is 1.93. The van der Waals surface area contributed by atoms with E-state index in [0.29, 0.717) is 21.8 Å². The van der Waals surface area contributed by atoms with Crippen molar-refractivity contribution < 1.29 is 22.3 Å². The van der Waals surface area contributed by atoms with Crippen LogP contribution in [-0.4, -0.2) is 21.0 Å². The van der Waals surface area contributed by atoms with Crippen LogP contribution in [0.4, 0.5) is 10.1 Å². The maximum atomic E-state index is 13.8. The number of nitrogens with zero attached hydrogens (tertiary/aromatic N) is 1. The van der Waals surface area contributed by atoms with E-state index >= 15 is 0 Å². The Morgan fingerprint density at radius 3 is 2.38 bits per heavy atom. The lowest BCUT2D eigenvalue weighted by Crippen LogP contribution is -2.30. The van der Waals surface area contributed by atoms with Gasteiger partial charge in [-0.25, -0.2) is 12.8 Å². The highest BCUT2D eigenvalue weighted by atomic mass is 35.5. The minimum absolute atomic E-state index is 0.0182. The normalized spacial score (nSPS) is 11.2. The van der Waals surface area contributed by atoms with E-state index in [1.54, 1.807) is 55.5 Å². The van der Waals surface area contributed by atoms with Crippen LogP contribution in [-0.2, 0) is 32.5 Å². The molecular formula is C24H23ClFNO4S. The van der Waals surface area contributed by atoms with Crippen molar-refractivity contribution in [1.29, 1.82) is 0 Å². The van der Waals surface area contributed by atoms with Crippen LogP contribution in [0.15, 0.2) is 71.6 Å². The lowest BCUT2D eigenvalue weighted by Gasteiger charge is -2.25. The van der Waals surface area contributed by atoms with Crippen molar-refractivity contribution in [2.75, 3.05) is 10.9 Å². The number of hydrogen-bond donors (Lipinski definition) is 0. The molecule has 0 amide bonds. The standard InChI is InChI=1S/C24H23ClFNO4S/c1-3-31-24(28)15-18-8-10-20(11-9-18)27(16-19-6-4-5-7-22(19)25)32(29,30)21-12-13-23(26)17(2)14-21/h4-14H,3,15-16H2,1-2H3. The zero-order valence-corrected chi connectivity index (χ0v) is 19.3. The van der Waals surface area contributed by atoms with Gasteiger partial charge in [-0.1, -0.05) is 41.9 Å². The van der Waals surface area contributed by atoms with Gasteiger partial charge in [0.15, 0.2) is 0 Å². The summed E-state index contributed by atoms with van der Waals surface area (Å²) < 4.78 is 47.0. The zero-order chi connectivity index (χ0) is 23.3. The molecule has 0 aliphatic heterocycles. The zero-order valence-electron chi connectivity index (χ0n) is 17.7. The molecule has 0 N–H and O–H groups in total. The van der Waals surface area contributed by atoms with Crippen LogP contribution in [0.1, 0.15) is 23.6 Å². The van der Waals surface area contributed by atoms with Gasteiger partial charge in [0.25, 0.3) is 10.0 Å². The number of anilines is 1. The van der Waals surface area contributed by atoms with Gasteiger partial charge in [-0.2, -0.15) is 0 Å². The Balaban J connectivity index is 2.01. The van der Waals surface area contributed by atoms with E-state index in [2.05, 4.69) is 0 Å². The van der Waals surface area contributed by atoms with Crippen LogP contribution in [0.25, 0.3) is 0 Å². The summed E-state index contributed by atoms with van der Waals surface area (Å²) in [5.74, 6) is -0.840. The lowest BCUT2D eigenvalue weighted by molar-refractivity contribution is -0.142. The van der Waals surface area contributed by atoms with Crippen molar-refractivity contribution >= 4 is 33.3 Å². The summed E-state index contributed by atoms with van der Waals surface area (Å²) >= 11 is 6.29. The molecule has 3 aromatic carbocycles. The van der Waals surface area contributed by atoms with Crippen molar-refractivity contribution in [3.8, 4) is 0 Å². The van der Waals surface area contributed by atoms with Crippen molar-refractivity contribution in [1.82, 2.24) is 0 Å². The molecule has 0 aromatic heterocycles. The topological polar surface area (TPSA) is 63.7 Å². The van der Waals surface area contributed by atoms with Crippen molar-refractivity contribution in [3.05, 3.63) is 94.3 Å². The first-order chi connectivity index (χ1) is 15.2. The third kappa shape index (κ3) is 5.47. The second kappa shape index (κ2) is 10.1. The Morgan fingerprint density at radius 2 is 1.75 bits per heavy atom. The molecule has 0 fully saturated rings. The molecule has 0 saturated carbocycles. The molecule has 32 heavy (non-hydrogen) atoms. The molecule has 0 aliphatic carbocycles. The van der Waals surface area contributed by atoms with Gasteiger partial charge in [-0.3, -0.25) is 9.10 Å². The van der Waals surface area contributed by atoms with Crippen LogP contribution in [0.3, 0.4) is 0 Å². The molecule has 0 spiro atoms. The number of esters is 1. The van der Waals surface area contributed by atoms with E-state index in [1.807, 2.05) is 0 Å². The molecule has 3 aromatic rings. The Labute approximate surface area is 192 Å². The van der Waals surface area contributed by atoms with Gasteiger partial charge in [-0.15, -0.1) is 0 Å². The Kier molecular flexibility index (Phi) is 7.53. The fourth-order valence-electron chi connectivity index (χ4n) is 3.16. The first-order valence-corrected chi connectivity index (χ1v) is 11.8. The molecule has 0 aliphatic rings. The summed E-state index contributed by atoms with van der Waals surface area (Å²) in [7, 11) is -4.04. The number of rotatable bonds is 8. The maximum absolute atomic E-state index is 13.8. The van der Waals surface area contributed by atoms with Crippen molar-refractivity contribution in [2.24, 2.45) is 0 Å². The molecule has 0 radical (unpaired) electrons. The quantitative estimate of drug-likeness (QED) is 0.415. The van der Waals surface area contributed by atoms with Crippen molar-refractivity contribution in [2.45, 2.75) is 31.7 Å². The van der Waals surface area contributed by atoms with Gasteiger partial charge >= 0.3 is 5.97 Å². The predicted molar refractivity (Wildman–Crippen MR) is 123 cm³/mol. The monoisotopic (exact) mass is 475 g/mol. The molecule has 168 valence electrons. The summed E-state index contributed by atoms with van der Waals surface area (Å²) in [4.78, 5) is 11.7. The predicted octanol–water partition coefficient (Wildman–Crippen LogP) is 5.29. The molecule has 3 rings (SSSR count). The highest BCUT2D eigenvalue weighted by Crippen LogP contribution is 2.29. The van der Waals surface area contributed by atoms with Gasteiger partial charge < -0.3 is 4.74 Å². The SMILES string of the molecule is CCOC(=O)Cc1ccc(N(Cc2ccccc2Cl)S(=O)(=O)c2ccc(F)c(C)c2)cc1. The maximum Gasteiger partial charge on any atom is 0.310 e. The number of benzene rings is 3. The van der Waals surface area contributed by atoms with E-state index in [-0.39, 0.29) is 36.0 Å². The number of sulfonamides is 1.